The summed E-state index contributed by atoms with van der Waals surface area (Å²) in [5.41, 5.74) is 4.16. The summed E-state index contributed by atoms with van der Waals surface area (Å²) in [6, 6.07) is 16.2. The van der Waals surface area contributed by atoms with Crippen LogP contribution in [0.15, 0.2) is 53.6 Å². The molecule has 1 aliphatic rings. The highest BCUT2D eigenvalue weighted by Gasteiger charge is 2.37. The van der Waals surface area contributed by atoms with E-state index >= 15 is 0 Å². The Morgan fingerprint density at radius 2 is 1.86 bits per heavy atom. The zero-order chi connectivity index (χ0) is 19.7. The van der Waals surface area contributed by atoms with Gasteiger partial charge in [0.2, 0.25) is 0 Å². The van der Waals surface area contributed by atoms with E-state index in [1.54, 1.807) is 30.0 Å². The molecule has 0 spiro atoms. The molecule has 2 aromatic carbocycles. The maximum atomic E-state index is 11.5. The van der Waals surface area contributed by atoms with Crippen molar-refractivity contribution in [3.63, 3.8) is 0 Å². The molecule has 0 unspecified atom stereocenters. The van der Waals surface area contributed by atoms with Crippen molar-refractivity contribution in [3.05, 3.63) is 65.2 Å². The molecule has 0 bridgehead atoms. The number of carbonyl (C=O) groups excluding carboxylic acids is 1. The van der Waals surface area contributed by atoms with Crippen LogP contribution >= 0.6 is 23.1 Å². The molecule has 0 radical (unpaired) electrons. The van der Waals surface area contributed by atoms with Gasteiger partial charge in [0.25, 0.3) is 0 Å². The first kappa shape index (κ1) is 19.2. The zero-order valence-electron chi connectivity index (χ0n) is 16.1. The van der Waals surface area contributed by atoms with Gasteiger partial charge >= 0.3 is 0 Å². The summed E-state index contributed by atoms with van der Waals surface area (Å²) in [7, 11) is 0. The maximum absolute atomic E-state index is 11.5. The fraction of sp³-hybridized carbons (Fsp3) is 0.273. The van der Waals surface area contributed by atoms with Gasteiger partial charge in [0.05, 0.1) is 6.61 Å². The van der Waals surface area contributed by atoms with Gasteiger partial charge < -0.3 is 10.1 Å². The predicted octanol–water partition coefficient (Wildman–Crippen LogP) is 5.94. The van der Waals surface area contributed by atoms with Crippen molar-refractivity contribution in [2.75, 3.05) is 11.9 Å². The van der Waals surface area contributed by atoms with Crippen LogP contribution in [0.2, 0.25) is 0 Å². The van der Waals surface area contributed by atoms with E-state index in [0.717, 1.165) is 32.8 Å². The quantitative estimate of drug-likeness (QED) is 0.510. The van der Waals surface area contributed by atoms with Crippen molar-refractivity contribution in [1.82, 2.24) is 4.98 Å². The van der Waals surface area contributed by atoms with Crippen LogP contribution in [0.4, 0.5) is 5.00 Å². The Balaban J connectivity index is 1.51. The smallest absolute Gasteiger partial charge is 0.159 e. The lowest BCUT2D eigenvalue weighted by Gasteiger charge is -2.24. The lowest BCUT2D eigenvalue weighted by molar-refractivity contribution is 0.101. The molecule has 2 heterocycles. The van der Waals surface area contributed by atoms with Crippen molar-refractivity contribution < 1.29 is 9.53 Å². The number of hydrogen-bond donors (Lipinski definition) is 1. The normalized spacial score (nSPS) is 18.0. The highest BCUT2D eigenvalue weighted by molar-refractivity contribution is 8.01. The highest BCUT2D eigenvalue weighted by Crippen LogP contribution is 2.53. The van der Waals surface area contributed by atoms with Crippen LogP contribution in [0.1, 0.15) is 42.3 Å². The molecule has 0 amide bonds. The number of anilines is 1. The number of thiazole rings is 1. The summed E-state index contributed by atoms with van der Waals surface area (Å²) in [6.45, 7) is 7.14. The molecular weight excluding hydrogens is 388 g/mol. The number of rotatable bonds is 6. The van der Waals surface area contributed by atoms with Crippen LogP contribution in [0.25, 0.3) is 10.6 Å². The fourth-order valence-electron chi connectivity index (χ4n) is 3.13. The number of aromatic nitrogens is 1. The summed E-state index contributed by atoms with van der Waals surface area (Å²) in [6.07, 6.45) is 0. The summed E-state index contributed by atoms with van der Waals surface area (Å²) >= 11 is 3.39. The largest absolute Gasteiger partial charge is 0.377 e. The number of hydrogen-bond acceptors (Lipinski definition) is 6. The molecule has 1 aliphatic heterocycles. The minimum absolute atomic E-state index is 0.0773. The van der Waals surface area contributed by atoms with Gasteiger partial charge in [-0.1, -0.05) is 71.6 Å². The van der Waals surface area contributed by atoms with Gasteiger partial charge in [0.1, 0.15) is 19.9 Å². The van der Waals surface area contributed by atoms with Gasteiger partial charge in [-0.05, 0) is 31.9 Å². The van der Waals surface area contributed by atoms with Gasteiger partial charge in [0.15, 0.2) is 5.78 Å². The summed E-state index contributed by atoms with van der Waals surface area (Å²) in [5.74, 6) is 0.0773. The standard InChI is InChI=1S/C22H22N2O2S2/c1-4-26-13-15-5-11-18(12-6-15)22(3)24-21-20(28-22)23-19(27-21)17-9-7-16(8-10-17)14(2)25/h5-12,24H,4,13H2,1-3H3/t22-/m1/s1. The molecule has 28 heavy (non-hydrogen) atoms. The molecule has 0 aliphatic carbocycles. The first-order chi connectivity index (χ1) is 13.5. The lowest BCUT2D eigenvalue weighted by atomic mass is 10.1. The van der Waals surface area contributed by atoms with E-state index in [1.165, 1.54) is 11.1 Å². The lowest BCUT2D eigenvalue weighted by Crippen LogP contribution is -2.23. The topological polar surface area (TPSA) is 51.2 Å². The van der Waals surface area contributed by atoms with Crippen LogP contribution in [-0.2, 0) is 16.2 Å². The average molecular weight is 411 g/mol. The van der Waals surface area contributed by atoms with Crippen LogP contribution in [0.5, 0.6) is 0 Å². The molecule has 1 N–H and O–H groups in total. The Morgan fingerprint density at radius 1 is 1.14 bits per heavy atom. The Bertz CT molecular complexity index is 971. The first-order valence-electron chi connectivity index (χ1n) is 9.25. The summed E-state index contributed by atoms with van der Waals surface area (Å²) in [4.78, 5) is 16.1. The van der Waals surface area contributed by atoms with Gasteiger partial charge in [-0.25, -0.2) is 4.98 Å². The van der Waals surface area contributed by atoms with Crippen LogP contribution in [-0.4, -0.2) is 17.4 Å². The number of Topliss-reactive ketones (excluding diaryl/α,β-unsaturated/α-hetero) is 1. The van der Waals surface area contributed by atoms with Gasteiger partial charge in [-0.3, -0.25) is 4.79 Å². The zero-order valence-corrected chi connectivity index (χ0v) is 17.7. The van der Waals surface area contributed by atoms with E-state index in [0.29, 0.717) is 6.61 Å². The summed E-state index contributed by atoms with van der Waals surface area (Å²) in [5, 5.41) is 6.73. The Labute approximate surface area is 173 Å². The molecule has 0 saturated heterocycles. The molecular formula is C22H22N2O2S2. The van der Waals surface area contributed by atoms with E-state index in [9.17, 15) is 4.79 Å². The van der Waals surface area contributed by atoms with E-state index in [2.05, 4.69) is 36.5 Å². The Hall–Kier alpha value is -2.15. The van der Waals surface area contributed by atoms with Crippen molar-refractivity contribution in [1.29, 1.82) is 0 Å². The molecule has 6 heteroatoms. The van der Waals surface area contributed by atoms with Crippen LogP contribution in [0.3, 0.4) is 0 Å². The minimum Gasteiger partial charge on any atom is -0.377 e. The monoisotopic (exact) mass is 410 g/mol. The van der Waals surface area contributed by atoms with Crippen molar-refractivity contribution in [2.45, 2.75) is 37.3 Å². The third-order valence-electron chi connectivity index (χ3n) is 4.76. The van der Waals surface area contributed by atoms with Crippen molar-refractivity contribution in [2.24, 2.45) is 0 Å². The third kappa shape index (κ3) is 3.72. The molecule has 4 rings (SSSR count). The van der Waals surface area contributed by atoms with Gasteiger partial charge in [-0.15, -0.1) is 0 Å². The third-order valence-corrected chi connectivity index (χ3v) is 7.15. The van der Waals surface area contributed by atoms with E-state index in [1.807, 2.05) is 31.2 Å². The number of ether oxygens (including phenoxy) is 1. The summed E-state index contributed by atoms with van der Waals surface area (Å²) < 4.78 is 5.48. The van der Waals surface area contributed by atoms with Crippen molar-refractivity contribution >= 4 is 33.9 Å². The first-order valence-corrected chi connectivity index (χ1v) is 10.9. The van der Waals surface area contributed by atoms with Crippen LogP contribution < -0.4 is 5.32 Å². The molecule has 3 aromatic rings. The number of fused-ring (bicyclic) bond motifs is 1. The fourth-order valence-corrected chi connectivity index (χ4v) is 5.55. The molecule has 4 nitrogen and oxygen atoms in total. The Kier molecular flexibility index (Phi) is 5.27. The Morgan fingerprint density at radius 3 is 2.46 bits per heavy atom. The second kappa shape index (κ2) is 7.70. The minimum atomic E-state index is -0.227. The molecule has 0 fully saturated rings. The van der Waals surface area contributed by atoms with E-state index in [4.69, 9.17) is 9.72 Å². The number of thioether (sulfide) groups is 1. The second-order valence-electron chi connectivity index (χ2n) is 6.88. The number of ketones is 1. The van der Waals surface area contributed by atoms with E-state index < -0.39 is 0 Å². The number of benzene rings is 2. The SMILES string of the molecule is CCOCc1ccc([C@]2(C)Nc3sc(-c4ccc(C(C)=O)cc4)nc3S2)cc1. The second-order valence-corrected chi connectivity index (χ2v) is 9.29. The van der Waals surface area contributed by atoms with E-state index in [-0.39, 0.29) is 10.7 Å². The van der Waals surface area contributed by atoms with Gasteiger partial charge in [-0.2, -0.15) is 0 Å². The molecule has 0 saturated carbocycles. The molecule has 144 valence electrons. The molecule has 1 atom stereocenters. The highest BCUT2D eigenvalue weighted by atomic mass is 32.2. The maximum Gasteiger partial charge on any atom is 0.159 e. The average Bonchev–Trinajstić information content (AvgIpc) is 3.22. The number of nitrogens with zero attached hydrogens (tertiary/aromatic N) is 1. The van der Waals surface area contributed by atoms with Crippen LogP contribution in [0, 0.1) is 0 Å². The van der Waals surface area contributed by atoms with Gasteiger partial charge in [0, 0.05) is 17.7 Å². The van der Waals surface area contributed by atoms with Crippen molar-refractivity contribution in [3.8, 4) is 10.6 Å². The number of nitrogens with one attached hydrogen (secondary N) is 1. The molecule has 1 aromatic heterocycles. The predicted molar refractivity (Wildman–Crippen MR) is 116 cm³/mol. The number of carbonyl (C=O) groups is 1.